The largest absolute Gasteiger partial charge is 0.468 e. The Hall–Kier alpha value is -1.84. The molecule has 0 saturated carbocycles. The molecule has 14 heavy (non-hydrogen) atoms. The van der Waals surface area contributed by atoms with E-state index in [4.69, 9.17) is 0 Å². The lowest BCUT2D eigenvalue weighted by Gasteiger charge is -1.92. The predicted molar refractivity (Wildman–Crippen MR) is 50.8 cm³/mol. The highest BCUT2D eigenvalue weighted by Gasteiger charge is 1.84. The fourth-order valence-electron chi connectivity index (χ4n) is 0.623. The van der Waals surface area contributed by atoms with Gasteiger partial charge in [-0.15, -0.1) is 0 Å². The fraction of sp³-hybridized carbons (Fsp3) is 0.200. The second-order valence-corrected chi connectivity index (χ2v) is 2.08. The molecule has 1 aromatic rings. The lowest BCUT2D eigenvalue weighted by atomic mass is 10.3. The number of carbonyl (C=O) groups is 2. The minimum absolute atomic E-state index is 0.412. The van der Waals surface area contributed by atoms with Crippen molar-refractivity contribution in [1.82, 2.24) is 0 Å². The summed E-state index contributed by atoms with van der Waals surface area (Å²) in [5.41, 5.74) is 0. The van der Waals surface area contributed by atoms with E-state index in [1.807, 2.05) is 6.07 Å². The van der Waals surface area contributed by atoms with Crippen LogP contribution in [0.5, 0.6) is 5.75 Å². The molecule has 1 rings (SSSR count). The second kappa shape index (κ2) is 9.25. The Morgan fingerprint density at radius 1 is 1.14 bits per heavy atom. The summed E-state index contributed by atoms with van der Waals surface area (Å²) in [4.78, 5) is 18.9. The lowest BCUT2D eigenvalue weighted by Crippen LogP contribution is -1.85. The van der Waals surface area contributed by atoms with Crippen LogP contribution in [0, 0.1) is 0 Å². The van der Waals surface area contributed by atoms with Gasteiger partial charge in [0.05, 0.1) is 6.61 Å². The predicted octanol–water partition coefficient (Wildman–Crippen LogP) is 1.40. The maximum Gasteiger partial charge on any atom is 0.298 e. The summed E-state index contributed by atoms with van der Waals surface area (Å²) in [5.74, 6) is 0.576. The maximum absolute atomic E-state index is 9.75. The monoisotopic (exact) mass is 196 g/mol. The molecule has 0 aromatic heterocycles. The van der Waals surface area contributed by atoms with Gasteiger partial charge in [0.1, 0.15) is 5.75 Å². The highest BCUT2D eigenvalue weighted by atomic mass is 16.5. The van der Waals surface area contributed by atoms with Gasteiger partial charge in [-0.25, -0.2) is 0 Å². The van der Waals surface area contributed by atoms with E-state index in [1.165, 1.54) is 0 Å². The molecule has 0 bridgehead atoms. The highest BCUT2D eigenvalue weighted by Crippen LogP contribution is 2.05. The Kier molecular flexibility index (Phi) is 8.03. The van der Waals surface area contributed by atoms with Gasteiger partial charge in [-0.1, -0.05) is 18.2 Å². The Labute approximate surface area is 82.4 Å². The Balaban J connectivity index is 0.000000292. The van der Waals surface area contributed by atoms with Gasteiger partial charge in [-0.05, 0) is 19.1 Å². The molecular formula is C10H12O4. The van der Waals surface area contributed by atoms with Crippen molar-refractivity contribution in [2.45, 2.75) is 6.92 Å². The van der Waals surface area contributed by atoms with Crippen LogP contribution in [0.1, 0.15) is 6.92 Å². The first-order valence-corrected chi connectivity index (χ1v) is 4.05. The van der Waals surface area contributed by atoms with Crippen LogP contribution < -0.4 is 4.74 Å². The number of carbonyl (C=O) groups excluding carboxylic acids is 2. The molecule has 4 heteroatoms. The van der Waals surface area contributed by atoms with Gasteiger partial charge in [0.2, 0.25) is 0 Å². The van der Waals surface area contributed by atoms with Crippen LogP contribution in [-0.2, 0) is 14.3 Å². The molecule has 0 fully saturated rings. The SMILES string of the molecule is CCOC=O.O=COc1ccccc1. The van der Waals surface area contributed by atoms with Crippen LogP contribution in [0.4, 0.5) is 0 Å². The summed E-state index contributed by atoms with van der Waals surface area (Å²) >= 11 is 0. The van der Waals surface area contributed by atoms with E-state index in [2.05, 4.69) is 9.47 Å². The zero-order valence-corrected chi connectivity index (χ0v) is 7.88. The number of para-hydroxylation sites is 1. The van der Waals surface area contributed by atoms with E-state index < -0.39 is 0 Å². The van der Waals surface area contributed by atoms with Crippen LogP contribution in [-0.4, -0.2) is 19.6 Å². The summed E-state index contributed by atoms with van der Waals surface area (Å²) in [6.07, 6.45) is 0. The van der Waals surface area contributed by atoms with Crippen molar-refractivity contribution in [2.24, 2.45) is 0 Å². The molecule has 0 atom stereocenters. The molecule has 76 valence electrons. The zero-order valence-electron chi connectivity index (χ0n) is 7.88. The van der Waals surface area contributed by atoms with Gasteiger partial charge >= 0.3 is 0 Å². The van der Waals surface area contributed by atoms with E-state index in [0.717, 1.165) is 0 Å². The summed E-state index contributed by atoms with van der Waals surface area (Å²) in [6, 6.07) is 8.90. The van der Waals surface area contributed by atoms with Crippen LogP contribution in [0.25, 0.3) is 0 Å². The summed E-state index contributed by atoms with van der Waals surface area (Å²) in [7, 11) is 0. The summed E-state index contributed by atoms with van der Waals surface area (Å²) in [6.45, 7) is 3.08. The van der Waals surface area contributed by atoms with Crippen molar-refractivity contribution in [2.75, 3.05) is 6.61 Å². The lowest BCUT2D eigenvalue weighted by molar-refractivity contribution is -0.128. The molecule has 0 N–H and O–H groups in total. The van der Waals surface area contributed by atoms with Crippen LogP contribution >= 0.6 is 0 Å². The van der Waals surface area contributed by atoms with Gasteiger partial charge in [-0.2, -0.15) is 0 Å². The third-order valence-corrected chi connectivity index (χ3v) is 1.16. The third kappa shape index (κ3) is 6.84. The maximum atomic E-state index is 9.75. The zero-order chi connectivity index (χ0) is 10.6. The first-order valence-electron chi connectivity index (χ1n) is 4.05. The number of ether oxygens (including phenoxy) is 2. The van der Waals surface area contributed by atoms with Gasteiger partial charge in [0.25, 0.3) is 12.9 Å². The van der Waals surface area contributed by atoms with Crippen molar-refractivity contribution >= 4 is 12.9 Å². The molecule has 0 aliphatic carbocycles. The number of hydrogen-bond donors (Lipinski definition) is 0. The van der Waals surface area contributed by atoms with Crippen molar-refractivity contribution in [1.29, 1.82) is 0 Å². The van der Waals surface area contributed by atoms with Crippen LogP contribution in [0.3, 0.4) is 0 Å². The van der Waals surface area contributed by atoms with Crippen molar-refractivity contribution < 1.29 is 19.1 Å². The minimum Gasteiger partial charge on any atom is -0.468 e. The third-order valence-electron chi connectivity index (χ3n) is 1.16. The molecule has 4 nitrogen and oxygen atoms in total. The highest BCUT2D eigenvalue weighted by molar-refractivity contribution is 5.44. The first kappa shape index (κ1) is 12.2. The molecule has 0 amide bonds. The smallest absolute Gasteiger partial charge is 0.298 e. The molecule has 0 spiro atoms. The molecule has 0 aliphatic rings. The molecule has 0 saturated heterocycles. The van der Waals surface area contributed by atoms with E-state index in [-0.39, 0.29) is 0 Å². The van der Waals surface area contributed by atoms with Gasteiger partial charge in [0.15, 0.2) is 0 Å². The number of hydrogen-bond acceptors (Lipinski definition) is 4. The molecule has 0 unspecified atom stereocenters. The quantitative estimate of drug-likeness (QED) is 0.683. The van der Waals surface area contributed by atoms with Crippen molar-refractivity contribution in [3.05, 3.63) is 30.3 Å². The standard InChI is InChI=1S/C7H6O2.C3H6O2/c8-6-9-7-4-2-1-3-5-7;1-2-5-3-4/h1-6H;3H,2H2,1H3. The van der Waals surface area contributed by atoms with Gasteiger partial charge in [-0.3, -0.25) is 9.59 Å². The Morgan fingerprint density at radius 2 is 1.79 bits per heavy atom. The Bertz CT molecular complexity index is 246. The van der Waals surface area contributed by atoms with Gasteiger partial charge < -0.3 is 9.47 Å². The van der Waals surface area contributed by atoms with Crippen LogP contribution in [0.15, 0.2) is 30.3 Å². The topological polar surface area (TPSA) is 52.6 Å². The molecule has 0 aliphatic heterocycles. The normalized spacial score (nSPS) is 7.79. The van der Waals surface area contributed by atoms with Crippen molar-refractivity contribution in [3.8, 4) is 5.75 Å². The molecule has 0 heterocycles. The van der Waals surface area contributed by atoms with E-state index in [1.54, 1.807) is 31.2 Å². The second-order valence-electron chi connectivity index (χ2n) is 2.08. The van der Waals surface area contributed by atoms with E-state index in [0.29, 0.717) is 25.3 Å². The first-order chi connectivity index (χ1) is 6.85. The number of benzene rings is 1. The van der Waals surface area contributed by atoms with Crippen LogP contribution in [0.2, 0.25) is 0 Å². The molecule has 1 aromatic carbocycles. The fourth-order valence-corrected chi connectivity index (χ4v) is 0.623. The van der Waals surface area contributed by atoms with Crippen molar-refractivity contribution in [3.63, 3.8) is 0 Å². The van der Waals surface area contributed by atoms with E-state index in [9.17, 15) is 9.59 Å². The molecule has 0 radical (unpaired) electrons. The molecular weight excluding hydrogens is 184 g/mol. The Morgan fingerprint density at radius 3 is 2.14 bits per heavy atom. The average Bonchev–Trinajstić information content (AvgIpc) is 2.22. The van der Waals surface area contributed by atoms with Gasteiger partial charge in [0, 0.05) is 0 Å². The summed E-state index contributed by atoms with van der Waals surface area (Å²) < 4.78 is 8.68. The number of rotatable bonds is 4. The average molecular weight is 196 g/mol. The summed E-state index contributed by atoms with van der Waals surface area (Å²) in [5, 5.41) is 0. The van der Waals surface area contributed by atoms with E-state index >= 15 is 0 Å². The minimum atomic E-state index is 0.412.